The predicted molar refractivity (Wildman–Crippen MR) is 150 cm³/mol. The van der Waals surface area contributed by atoms with Gasteiger partial charge in [0, 0.05) is 37.9 Å². The topological polar surface area (TPSA) is 128 Å². The van der Waals surface area contributed by atoms with Gasteiger partial charge >= 0.3 is 0 Å². The molecule has 10 nitrogen and oxygen atoms in total. The second-order valence-electron chi connectivity index (χ2n) is 11.2. The third-order valence-corrected chi connectivity index (χ3v) is 9.93. The molecule has 212 valence electrons. The minimum Gasteiger partial charge on any atom is -0.395 e. The smallest absolute Gasteiger partial charge is 0.258 e. The van der Waals surface area contributed by atoms with Crippen LogP contribution in [0.25, 0.3) is 0 Å². The highest BCUT2D eigenvalue weighted by Crippen LogP contribution is 2.54. The van der Waals surface area contributed by atoms with Gasteiger partial charge < -0.3 is 20.2 Å². The fourth-order valence-corrected chi connectivity index (χ4v) is 6.15. The molecule has 39 heavy (non-hydrogen) atoms. The number of aryl methyl sites for hydroxylation is 1. The number of aliphatic hydroxyl groups is 1. The number of benzene rings is 1. The number of rotatable bonds is 8. The van der Waals surface area contributed by atoms with E-state index in [9.17, 15) is 22.7 Å². The molecule has 0 radical (unpaired) electrons. The summed E-state index contributed by atoms with van der Waals surface area (Å²) >= 11 is 0. The lowest BCUT2D eigenvalue weighted by Gasteiger charge is -2.35. The van der Waals surface area contributed by atoms with Crippen molar-refractivity contribution in [2.75, 3.05) is 52.6 Å². The minimum atomic E-state index is -3.79. The molecule has 1 amide bonds. The van der Waals surface area contributed by atoms with Gasteiger partial charge in [-0.1, -0.05) is 0 Å². The van der Waals surface area contributed by atoms with Crippen molar-refractivity contribution in [3.8, 4) is 0 Å². The summed E-state index contributed by atoms with van der Waals surface area (Å²) in [6, 6.07) is 6.57. The van der Waals surface area contributed by atoms with Crippen molar-refractivity contribution in [2.45, 2.75) is 63.8 Å². The van der Waals surface area contributed by atoms with Crippen molar-refractivity contribution >= 4 is 39.1 Å². The third kappa shape index (κ3) is 6.27. The van der Waals surface area contributed by atoms with E-state index >= 15 is 0 Å². The Morgan fingerprint density at radius 3 is 2.44 bits per heavy atom. The standard InChI is InChI=1S/C27H37FN6O4S/c1-18-15-24(31-26(29-18)34-11-5-20(28)6-12-34)30-25(36)22-4-3-21(32-39(37,38)19(2)17-35)16-23(22)33-13-9-27(7-8-27)10-14-33/h3-4,15-16,19-20,32,35H,5-14,17H2,1-2H3,(H,29,30,31,36)/t19-/m1/s1. The van der Waals surface area contributed by atoms with Gasteiger partial charge in [0.25, 0.3) is 5.91 Å². The van der Waals surface area contributed by atoms with Crippen molar-refractivity contribution in [3.05, 3.63) is 35.5 Å². The van der Waals surface area contributed by atoms with E-state index in [4.69, 9.17) is 0 Å². The van der Waals surface area contributed by atoms with Gasteiger partial charge in [-0.15, -0.1) is 0 Å². The lowest BCUT2D eigenvalue weighted by Crippen LogP contribution is -2.36. The summed E-state index contributed by atoms with van der Waals surface area (Å²) in [7, 11) is -3.79. The van der Waals surface area contributed by atoms with Crippen LogP contribution >= 0.6 is 0 Å². The zero-order valence-electron chi connectivity index (χ0n) is 22.5. The molecule has 0 unspecified atom stereocenters. The highest BCUT2D eigenvalue weighted by Gasteiger charge is 2.44. The molecule has 1 aliphatic carbocycles. The Morgan fingerprint density at radius 1 is 1.10 bits per heavy atom. The van der Waals surface area contributed by atoms with Gasteiger partial charge in [-0.2, -0.15) is 4.98 Å². The second-order valence-corrected chi connectivity index (χ2v) is 13.3. The van der Waals surface area contributed by atoms with Gasteiger partial charge in [-0.25, -0.2) is 17.8 Å². The predicted octanol–water partition coefficient (Wildman–Crippen LogP) is 3.48. The Bertz CT molecular complexity index is 1320. The molecule has 2 aromatic rings. The molecule has 1 spiro atoms. The van der Waals surface area contributed by atoms with Gasteiger partial charge in [0.2, 0.25) is 16.0 Å². The summed E-state index contributed by atoms with van der Waals surface area (Å²) < 4.78 is 41.3. The van der Waals surface area contributed by atoms with Gasteiger partial charge in [0.15, 0.2) is 0 Å². The Kier molecular flexibility index (Phi) is 7.69. The maximum atomic E-state index is 13.6. The van der Waals surface area contributed by atoms with E-state index in [0.29, 0.717) is 65.7 Å². The zero-order valence-corrected chi connectivity index (χ0v) is 23.3. The van der Waals surface area contributed by atoms with Gasteiger partial charge in [0.1, 0.15) is 17.2 Å². The van der Waals surface area contributed by atoms with Crippen LogP contribution in [0.5, 0.6) is 0 Å². The summed E-state index contributed by atoms with van der Waals surface area (Å²) in [6.45, 7) is 5.36. The number of alkyl halides is 1. The van der Waals surface area contributed by atoms with Crippen LogP contribution in [0.15, 0.2) is 24.3 Å². The van der Waals surface area contributed by atoms with E-state index in [0.717, 1.165) is 25.9 Å². The van der Waals surface area contributed by atoms with E-state index in [-0.39, 0.29) is 5.91 Å². The highest BCUT2D eigenvalue weighted by atomic mass is 32.2. The number of halogens is 1. The Hall–Kier alpha value is -2.99. The summed E-state index contributed by atoms with van der Waals surface area (Å²) in [4.78, 5) is 26.7. The third-order valence-electron chi connectivity index (χ3n) is 8.20. The number of carbonyl (C=O) groups excluding carboxylic acids is 1. The summed E-state index contributed by atoms with van der Waals surface area (Å²) in [6.07, 6.45) is 4.59. The van der Waals surface area contributed by atoms with Crippen LogP contribution in [0.3, 0.4) is 0 Å². The second kappa shape index (κ2) is 10.9. The van der Waals surface area contributed by atoms with Crippen LogP contribution in [0.1, 0.15) is 61.5 Å². The Labute approximate surface area is 229 Å². The summed E-state index contributed by atoms with van der Waals surface area (Å²) in [5.41, 5.74) is 2.52. The van der Waals surface area contributed by atoms with Crippen molar-refractivity contribution in [1.82, 2.24) is 9.97 Å². The van der Waals surface area contributed by atoms with Crippen molar-refractivity contribution in [2.24, 2.45) is 5.41 Å². The number of sulfonamides is 1. The van der Waals surface area contributed by atoms with E-state index in [1.54, 1.807) is 24.3 Å². The van der Waals surface area contributed by atoms with Crippen LogP contribution in [0.4, 0.5) is 27.5 Å². The normalized spacial score (nSPS) is 20.1. The number of nitrogens with one attached hydrogen (secondary N) is 2. The first-order chi connectivity index (χ1) is 18.6. The van der Waals surface area contributed by atoms with Crippen molar-refractivity contribution in [3.63, 3.8) is 0 Å². The fourth-order valence-electron chi connectivity index (χ4n) is 5.30. The number of nitrogens with zero attached hydrogens (tertiary/aromatic N) is 4. The lowest BCUT2D eigenvalue weighted by molar-refractivity contribution is 0.102. The number of carbonyl (C=O) groups is 1. The molecule has 3 fully saturated rings. The van der Waals surface area contributed by atoms with Crippen LogP contribution in [0, 0.1) is 12.3 Å². The highest BCUT2D eigenvalue weighted by molar-refractivity contribution is 7.93. The van der Waals surface area contributed by atoms with Gasteiger partial charge in [-0.3, -0.25) is 9.52 Å². The van der Waals surface area contributed by atoms with E-state index in [2.05, 4.69) is 24.9 Å². The Balaban J connectivity index is 1.40. The molecule has 1 atom stereocenters. The van der Waals surface area contributed by atoms with Crippen LogP contribution in [-0.4, -0.2) is 73.6 Å². The summed E-state index contributed by atoms with van der Waals surface area (Å²) in [5.74, 6) is 0.459. The maximum absolute atomic E-state index is 13.6. The molecular weight excluding hydrogens is 523 g/mol. The molecule has 3 N–H and O–H groups in total. The zero-order chi connectivity index (χ0) is 27.8. The number of hydrogen-bond acceptors (Lipinski definition) is 8. The maximum Gasteiger partial charge on any atom is 0.258 e. The van der Waals surface area contributed by atoms with Crippen LogP contribution in [-0.2, 0) is 10.0 Å². The number of piperidine rings is 2. The minimum absolute atomic E-state index is 0.338. The average molecular weight is 561 g/mol. The molecule has 1 aromatic carbocycles. The average Bonchev–Trinajstić information content (AvgIpc) is 3.66. The molecule has 3 aliphatic rings. The first kappa shape index (κ1) is 27.6. The molecule has 3 heterocycles. The fraction of sp³-hybridized carbons (Fsp3) is 0.593. The molecule has 12 heteroatoms. The first-order valence-electron chi connectivity index (χ1n) is 13.6. The van der Waals surface area contributed by atoms with Gasteiger partial charge in [0.05, 0.1) is 23.5 Å². The molecular formula is C27H37FN6O4S. The largest absolute Gasteiger partial charge is 0.395 e. The van der Waals surface area contributed by atoms with Gasteiger partial charge in [-0.05, 0) is 76.0 Å². The molecule has 2 saturated heterocycles. The lowest BCUT2D eigenvalue weighted by atomic mass is 9.93. The Morgan fingerprint density at radius 2 is 1.79 bits per heavy atom. The summed E-state index contributed by atoms with van der Waals surface area (Å²) in [5, 5.41) is 11.3. The number of anilines is 4. The van der Waals surface area contributed by atoms with Crippen molar-refractivity contribution in [1.29, 1.82) is 0 Å². The monoisotopic (exact) mass is 560 g/mol. The van der Waals surface area contributed by atoms with E-state index in [1.807, 2.05) is 11.8 Å². The van der Waals surface area contributed by atoms with E-state index < -0.39 is 28.1 Å². The van der Waals surface area contributed by atoms with Crippen molar-refractivity contribution < 1.29 is 22.7 Å². The van der Waals surface area contributed by atoms with E-state index in [1.165, 1.54) is 19.8 Å². The molecule has 1 saturated carbocycles. The molecule has 5 rings (SSSR count). The van der Waals surface area contributed by atoms with Crippen LogP contribution in [0.2, 0.25) is 0 Å². The number of amides is 1. The molecule has 0 bridgehead atoms. The molecule has 2 aliphatic heterocycles. The molecule has 1 aromatic heterocycles. The number of aliphatic hydroxyl groups excluding tert-OH is 1. The number of aromatic nitrogens is 2. The van der Waals surface area contributed by atoms with Crippen LogP contribution < -0.4 is 19.8 Å². The SMILES string of the molecule is Cc1cc(NC(=O)c2ccc(NS(=O)(=O)[C@H](C)CO)cc2N2CCC3(CC2)CC3)nc(N2CCC(F)CC2)n1. The first-order valence-corrected chi connectivity index (χ1v) is 15.2. The quantitative estimate of drug-likeness (QED) is 0.448. The number of hydrogen-bond donors (Lipinski definition) is 3.